The van der Waals surface area contributed by atoms with E-state index >= 15 is 0 Å². The van der Waals surface area contributed by atoms with Gasteiger partial charge in [-0.25, -0.2) is 4.79 Å². The zero-order valence-corrected chi connectivity index (χ0v) is 18.2. The Bertz CT molecular complexity index is 1040. The molecule has 30 heavy (non-hydrogen) atoms. The summed E-state index contributed by atoms with van der Waals surface area (Å²) in [5.41, 5.74) is 2.64. The topological polar surface area (TPSA) is 57.7 Å². The molecule has 6 nitrogen and oxygen atoms in total. The molecular formula is C22H23ClN4O2S. The molecule has 0 bridgehead atoms. The van der Waals surface area contributed by atoms with Gasteiger partial charge in [0.25, 0.3) is 0 Å². The molecule has 1 aliphatic heterocycles. The highest BCUT2D eigenvalue weighted by Gasteiger charge is 2.27. The summed E-state index contributed by atoms with van der Waals surface area (Å²) in [6.07, 6.45) is 3.44. The van der Waals surface area contributed by atoms with Crippen molar-refractivity contribution in [3.63, 3.8) is 0 Å². The van der Waals surface area contributed by atoms with Gasteiger partial charge in [0.1, 0.15) is 5.75 Å². The molecule has 0 saturated carbocycles. The first-order valence-electron chi connectivity index (χ1n) is 9.78. The summed E-state index contributed by atoms with van der Waals surface area (Å²) >= 11 is 10.8. The number of aromatic nitrogens is 1. The largest absolute Gasteiger partial charge is 0.497 e. The maximum atomic E-state index is 12.6. The highest BCUT2D eigenvalue weighted by molar-refractivity contribution is 7.78. The van der Waals surface area contributed by atoms with Crippen molar-refractivity contribution in [2.24, 2.45) is 0 Å². The monoisotopic (exact) mass is 442 g/mol. The fourth-order valence-electron chi connectivity index (χ4n) is 3.77. The van der Waals surface area contributed by atoms with Crippen LogP contribution in [0.5, 0.6) is 5.75 Å². The molecule has 8 heteroatoms. The average Bonchev–Trinajstić information content (AvgIpc) is 2.79. The Hall–Kier alpha value is -2.64. The number of benzene rings is 2. The van der Waals surface area contributed by atoms with Crippen molar-refractivity contribution in [1.29, 1.82) is 0 Å². The molecule has 4 rings (SSSR count). The van der Waals surface area contributed by atoms with Gasteiger partial charge in [0.2, 0.25) is 0 Å². The first-order chi connectivity index (χ1) is 14.6. The second kappa shape index (κ2) is 9.02. The van der Waals surface area contributed by atoms with E-state index in [-0.39, 0.29) is 12.1 Å². The molecule has 0 unspecified atom stereocenters. The highest BCUT2D eigenvalue weighted by Crippen LogP contribution is 2.32. The van der Waals surface area contributed by atoms with Crippen LogP contribution in [-0.4, -0.2) is 41.6 Å². The molecule has 0 spiro atoms. The summed E-state index contributed by atoms with van der Waals surface area (Å²) in [5.74, 6) is 0.744. The van der Waals surface area contributed by atoms with Gasteiger partial charge >= 0.3 is 6.03 Å². The summed E-state index contributed by atoms with van der Waals surface area (Å²) in [6.45, 7) is 1.65. The number of fused-ring (bicyclic) bond motifs is 1. The van der Waals surface area contributed by atoms with Gasteiger partial charge in [-0.05, 0) is 49.2 Å². The minimum absolute atomic E-state index is 0.0551. The van der Waals surface area contributed by atoms with Crippen molar-refractivity contribution in [2.75, 3.05) is 30.4 Å². The molecule has 0 aliphatic carbocycles. The number of nitrogens with zero attached hydrogens (tertiary/aromatic N) is 3. The van der Waals surface area contributed by atoms with E-state index in [2.05, 4.69) is 28.0 Å². The second-order valence-electron chi connectivity index (χ2n) is 7.19. The highest BCUT2D eigenvalue weighted by atomic mass is 35.5. The number of urea groups is 1. The molecule has 0 atom stereocenters. The molecule has 156 valence electrons. The van der Waals surface area contributed by atoms with Crippen LogP contribution in [0.25, 0.3) is 10.9 Å². The minimum atomic E-state index is -0.233. The van der Waals surface area contributed by atoms with E-state index in [1.54, 1.807) is 25.4 Å². The molecule has 1 fully saturated rings. The van der Waals surface area contributed by atoms with Gasteiger partial charge < -0.3 is 15.0 Å². The Morgan fingerprint density at radius 3 is 2.63 bits per heavy atom. The van der Waals surface area contributed by atoms with Crippen LogP contribution in [0.3, 0.4) is 0 Å². The molecule has 3 aromatic rings. The number of hydrogen-bond donors (Lipinski definition) is 2. The summed E-state index contributed by atoms with van der Waals surface area (Å²) < 4.78 is 6.65. The summed E-state index contributed by atoms with van der Waals surface area (Å²) in [6, 6.07) is 14.9. The predicted molar refractivity (Wildman–Crippen MR) is 125 cm³/mol. The fourth-order valence-corrected chi connectivity index (χ4v) is 4.28. The number of hydrogen-bond acceptors (Lipinski definition) is 5. The smallest absolute Gasteiger partial charge is 0.331 e. The lowest BCUT2D eigenvalue weighted by molar-refractivity contribution is 0.223. The zero-order valence-electron chi connectivity index (χ0n) is 16.6. The Labute approximate surface area is 186 Å². The van der Waals surface area contributed by atoms with Gasteiger partial charge in [0, 0.05) is 42.1 Å². The van der Waals surface area contributed by atoms with Crippen molar-refractivity contribution < 1.29 is 9.53 Å². The van der Waals surface area contributed by atoms with Crippen LogP contribution in [0.1, 0.15) is 12.8 Å². The molecule has 1 saturated heterocycles. The van der Waals surface area contributed by atoms with Crippen molar-refractivity contribution in [3.05, 3.63) is 59.8 Å². The van der Waals surface area contributed by atoms with Gasteiger partial charge in [-0.15, -0.1) is 0 Å². The van der Waals surface area contributed by atoms with Crippen LogP contribution in [0.15, 0.2) is 54.7 Å². The Morgan fingerprint density at radius 1 is 1.20 bits per heavy atom. The SMILES string of the molecule is COc1ccc(NC(=O)N(S)C2CCN(c3ccnc4c(Cl)cccc34)CC2)cc1. The van der Waals surface area contributed by atoms with Crippen LogP contribution in [0, 0.1) is 0 Å². The molecule has 1 aromatic heterocycles. The van der Waals surface area contributed by atoms with Crippen molar-refractivity contribution in [2.45, 2.75) is 18.9 Å². The number of carbonyl (C=O) groups is 1. The first-order valence-corrected chi connectivity index (χ1v) is 10.6. The number of halogens is 1. The van der Waals surface area contributed by atoms with E-state index in [0.29, 0.717) is 10.7 Å². The van der Waals surface area contributed by atoms with E-state index < -0.39 is 0 Å². The predicted octanol–water partition coefficient (Wildman–Crippen LogP) is 5.24. The van der Waals surface area contributed by atoms with Gasteiger partial charge in [0.15, 0.2) is 0 Å². The van der Waals surface area contributed by atoms with Crippen molar-refractivity contribution >= 4 is 52.7 Å². The Morgan fingerprint density at radius 2 is 1.93 bits per heavy atom. The van der Waals surface area contributed by atoms with Gasteiger partial charge in [0.05, 0.1) is 17.6 Å². The normalized spacial score (nSPS) is 14.6. The number of amides is 2. The number of pyridine rings is 1. The van der Waals surface area contributed by atoms with Crippen LogP contribution in [-0.2, 0) is 0 Å². The lowest BCUT2D eigenvalue weighted by Gasteiger charge is -2.37. The fraction of sp³-hybridized carbons (Fsp3) is 0.273. The third-order valence-corrected chi connectivity index (χ3v) is 6.21. The molecule has 0 radical (unpaired) electrons. The number of rotatable bonds is 4. The minimum Gasteiger partial charge on any atom is -0.497 e. The third-order valence-electron chi connectivity index (χ3n) is 5.40. The lowest BCUT2D eigenvalue weighted by Crippen LogP contribution is -2.44. The van der Waals surface area contributed by atoms with E-state index in [1.807, 2.05) is 36.4 Å². The lowest BCUT2D eigenvalue weighted by atomic mass is 10.0. The van der Waals surface area contributed by atoms with E-state index in [1.165, 1.54) is 4.31 Å². The summed E-state index contributed by atoms with van der Waals surface area (Å²) in [4.78, 5) is 19.3. The third kappa shape index (κ3) is 4.27. The van der Waals surface area contributed by atoms with E-state index in [4.69, 9.17) is 16.3 Å². The van der Waals surface area contributed by atoms with Gasteiger partial charge in [-0.1, -0.05) is 36.5 Å². The molecule has 2 heterocycles. The number of piperidine rings is 1. The number of para-hydroxylation sites is 1. The van der Waals surface area contributed by atoms with Gasteiger partial charge in [-0.2, -0.15) is 0 Å². The van der Waals surface area contributed by atoms with Crippen LogP contribution in [0.2, 0.25) is 5.02 Å². The number of thiol groups is 1. The molecule has 2 amide bonds. The number of ether oxygens (including phenoxy) is 1. The maximum Gasteiger partial charge on any atom is 0.331 e. The van der Waals surface area contributed by atoms with Crippen LogP contribution >= 0.6 is 24.4 Å². The van der Waals surface area contributed by atoms with Gasteiger partial charge in [-0.3, -0.25) is 9.29 Å². The summed E-state index contributed by atoms with van der Waals surface area (Å²) in [7, 11) is 1.61. The average molecular weight is 443 g/mol. The van der Waals surface area contributed by atoms with Crippen molar-refractivity contribution in [3.8, 4) is 5.75 Å². The summed E-state index contributed by atoms with van der Waals surface area (Å²) in [5, 5.41) is 4.58. The Kier molecular flexibility index (Phi) is 6.20. The van der Waals surface area contributed by atoms with Crippen molar-refractivity contribution in [1.82, 2.24) is 9.29 Å². The molecular weight excluding hydrogens is 420 g/mol. The standard InChI is InChI=1S/C22H23ClN4O2S/c1-29-17-7-5-15(6-8-17)25-22(28)27(30)16-10-13-26(14-11-16)20-9-12-24-21-18(20)3-2-4-19(21)23/h2-9,12,16,30H,10-11,13-14H2,1H3,(H,25,28). The van der Waals surface area contributed by atoms with E-state index in [0.717, 1.165) is 48.3 Å². The quantitative estimate of drug-likeness (QED) is 0.542. The number of anilines is 2. The Balaban J connectivity index is 1.39. The first kappa shape index (κ1) is 20.6. The molecule has 1 aliphatic rings. The van der Waals surface area contributed by atoms with E-state index in [9.17, 15) is 4.79 Å². The zero-order chi connectivity index (χ0) is 21.1. The van der Waals surface area contributed by atoms with Crippen LogP contribution in [0.4, 0.5) is 16.2 Å². The maximum absolute atomic E-state index is 12.6. The molecule has 1 N–H and O–H groups in total. The number of methoxy groups -OCH3 is 1. The second-order valence-corrected chi connectivity index (χ2v) is 8.03. The van der Waals surface area contributed by atoms with Crippen LogP contribution < -0.4 is 15.0 Å². The number of carbonyl (C=O) groups excluding carboxylic acids is 1. The molecule has 2 aromatic carbocycles. The number of nitrogens with one attached hydrogen (secondary N) is 1.